The molecule has 0 amide bonds. The predicted octanol–water partition coefficient (Wildman–Crippen LogP) is 3.16. The third kappa shape index (κ3) is 3.47. The zero-order valence-corrected chi connectivity index (χ0v) is 11.6. The lowest BCUT2D eigenvalue weighted by Gasteiger charge is -2.31. The summed E-state index contributed by atoms with van der Waals surface area (Å²) in [5, 5.41) is 0. The molecule has 0 aromatic heterocycles. The second-order valence-corrected chi connectivity index (χ2v) is 6.23. The van der Waals surface area contributed by atoms with E-state index in [9.17, 15) is 4.79 Å². The number of hydrogen-bond acceptors (Lipinski definition) is 3. The second kappa shape index (κ2) is 6.05. The monoisotopic (exact) mass is 253 g/mol. The highest BCUT2D eigenvalue weighted by Crippen LogP contribution is 2.32. The molecule has 2 unspecified atom stereocenters. The van der Waals surface area contributed by atoms with Crippen molar-refractivity contribution in [2.75, 3.05) is 0 Å². The lowest BCUT2D eigenvalue weighted by Crippen LogP contribution is -2.40. The van der Waals surface area contributed by atoms with E-state index in [-0.39, 0.29) is 17.6 Å². The van der Waals surface area contributed by atoms with Gasteiger partial charge in [-0.1, -0.05) is 26.2 Å². The second-order valence-electron chi connectivity index (χ2n) is 6.23. The predicted molar refractivity (Wildman–Crippen MR) is 72.1 cm³/mol. The molecule has 18 heavy (non-hydrogen) atoms. The van der Waals surface area contributed by atoms with Crippen LogP contribution in [0.5, 0.6) is 0 Å². The van der Waals surface area contributed by atoms with E-state index in [1.54, 1.807) is 0 Å². The number of hydrogen-bond donors (Lipinski definition) is 1. The van der Waals surface area contributed by atoms with Crippen LogP contribution in [0.15, 0.2) is 0 Å². The number of esters is 1. The van der Waals surface area contributed by atoms with Gasteiger partial charge in [0.25, 0.3) is 0 Å². The summed E-state index contributed by atoms with van der Waals surface area (Å²) >= 11 is 0. The van der Waals surface area contributed by atoms with Crippen LogP contribution in [0.2, 0.25) is 0 Å². The first-order chi connectivity index (χ1) is 8.63. The zero-order chi connectivity index (χ0) is 13.0. The fourth-order valence-electron chi connectivity index (χ4n) is 3.55. The molecule has 0 aromatic carbocycles. The van der Waals surface area contributed by atoms with Crippen molar-refractivity contribution in [3.8, 4) is 0 Å². The normalized spacial score (nSPS) is 31.2. The molecule has 2 N–H and O–H groups in total. The maximum absolute atomic E-state index is 12.0. The van der Waals surface area contributed by atoms with Crippen LogP contribution in [0.3, 0.4) is 0 Å². The highest BCUT2D eigenvalue weighted by atomic mass is 16.5. The molecule has 0 spiro atoms. The molecule has 0 heterocycles. The number of nitrogens with two attached hydrogens (primary N) is 1. The van der Waals surface area contributed by atoms with Gasteiger partial charge in [-0.25, -0.2) is 0 Å². The molecule has 3 nitrogen and oxygen atoms in total. The van der Waals surface area contributed by atoms with Crippen LogP contribution in [0, 0.1) is 5.92 Å². The SMILES string of the molecule is CCC1CCCCC1OC(=O)CC1(N)CCCC1. The molecule has 0 radical (unpaired) electrons. The van der Waals surface area contributed by atoms with Crippen molar-refractivity contribution in [2.45, 2.75) is 82.8 Å². The molecule has 0 aromatic rings. The van der Waals surface area contributed by atoms with Gasteiger partial charge in [-0.15, -0.1) is 0 Å². The topological polar surface area (TPSA) is 52.3 Å². The van der Waals surface area contributed by atoms with Crippen molar-refractivity contribution in [3.63, 3.8) is 0 Å². The smallest absolute Gasteiger partial charge is 0.307 e. The van der Waals surface area contributed by atoms with Gasteiger partial charge >= 0.3 is 5.97 Å². The molecule has 2 aliphatic rings. The van der Waals surface area contributed by atoms with Gasteiger partial charge in [0.1, 0.15) is 6.10 Å². The third-order valence-electron chi connectivity index (χ3n) is 4.74. The molecular formula is C15H27NO2. The van der Waals surface area contributed by atoms with Crippen LogP contribution in [0.1, 0.15) is 71.1 Å². The fourth-order valence-corrected chi connectivity index (χ4v) is 3.55. The van der Waals surface area contributed by atoms with E-state index in [0.29, 0.717) is 12.3 Å². The highest BCUT2D eigenvalue weighted by Gasteiger charge is 2.34. The minimum Gasteiger partial charge on any atom is -0.462 e. The molecule has 0 saturated heterocycles. The van der Waals surface area contributed by atoms with E-state index in [1.807, 2.05) is 0 Å². The molecule has 0 aliphatic heterocycles. The summed E-state index contributed by atoms with van der Waals surface area (Å²) in [4.78, 5) is 12.0. The number of carbonyl (C=O) groups is 1. The summed E-state index contributed by atoms with van der Waals surface area (Å²) in [6, 6.07) is 0. The Bertz CT molecular complexity index is 284. The Morgan fingerprint density at radius 1 is 1.22 bits per heavy atom. The third-order valence-corrected chi connectivity index (χ3v) is 4.74. The lowest BCUT2D eigenvalue weighted by molar-refractivity contribution is -0.155. The van der Waals surface area contributed by atoms with Crippen molar-refractivity contribution in [3.05, 3.63) is 0 Å². The Balaban J connectivity index is 1.82. The van der Waals surface area contributed by atoms with Crippen molar-refractivity contribution >= 4 is 5.97 Å². The van der Waals surface area contributed by atoms with Crippen molar-refractivity contribution in [1.82, 2.24) is 0 Å². The molecule has 2 saturated carbocycles. The molecule has 3 heteroatoms. The summed E-state index contributed by atoms with van der Waals surface area (Å²) in [7, 11) is 0. The zero-order valence-electron chi connectivity index (χ0n) is 11.6. The van der Waals surface area contributed by atoms with Crippen molar-refractivity contribution in [2.24, 2.45) is 11.7 Å². The van der Waals surface area contributed by atoms with E-state index in [2.05, 4.69) is 6.92 Å². The Hall–Kier alpha value is -0.570. The van der Waals surface area contributed by atoms with Gasteiger partial charge in [0, 0.05) is 5.54 Å². The van der Waals surface area contributed by atoms with Gasteiger partial charge in [0.05, 0.1) is 6.42 Å². The largest absolute Gasteiger partial charge is 0.462 e. The molecule has 2 rings (SSSR count). The first-order valence-electron chi connectivity index (χ1n) is 7.61. The minimum absolute atomic E-state index is 0.0650. The Morgan fingerprint density at radius 2 is 1.89 bits per heavy atom. The van der Waals surface area contributed by atoms with Crippen LogP contribution in [-0.2, 0) is 9.53 Å². The van der Waals surface area contributed by atoms with Gasteiger partial charge < -0.3 is 10.5 Å². The standard InChI is InChI=1S/C15H27NO2/c1-2-12-7-3-4-8-13(12)18-14(17)11-15(16)9-5-6-10-15/h12-13H,2-11,16H2,1H3. The molecule has 2 atom stereocenters. The summed E-state index contributed by atoms with van der Waals surface area (Å²) < 4.78 is 5.70. The maximum Gasteiger partial charge on any atom is 0.307 e. The molecule has 104 valence electrons. The van der Waals surface area contributed by atoms with Gasteiger partial charge in [-0.3, -0.25) is 4.79 Å². The van der Waals surface area contributed by atoms with Gasteiger partial charge in [0.15, 0.2) is 0 Å². The van der Waals surface area contributed by atoms with E-state index < -0.39 is 0 Å². The van der Waals surface area contributed by atoms with Crippen molar-refractivity contribution in [1.29, 1.82) is 0 Å². The van der Waals surface area contributed by atoms with Crippen LogP contribution in [-0.4, -0.2) is 17.6 Å². The molecule has 2 aliphatic carbocycles. The van der Waals surface area contributed by atoms with Crippen molar-refractivity contribution < 1.29 is 9.53 Å². The lowest BCUT2D eigenvalue weighted by atomic mass is 9.84. The van der Waals surface area contributed by atoms with Gasteiger partial charge in [0.2, 0.25) is 0 Å². The van der Waals surface area contributed by atoms with Crippen LogP contribution < -0.4 is 5.73 Å². The average molecular weight is 253 g/mol. The van der Waals surface area contributed by atoms with E-state index >= 15 is 0 Å². The highest BCUT2D eigenvalue weighted by molar-refractivity contribution is 5.71. The maximum atomic E-state index is 12.0. The van der Waals surface area contributed by atoms with Crippen LogP contribution in [0.25, 0.3) is 0 Å². The number of ether oxygens (including phenoxy) is 1. The summed E-state index contributed by atoms with van der Waals surface area (Å²) in [5.74, 6) is 0.504. The number of carbonyl (C=O) groups excluding carboxylic acids is 1. The van der Waals surface area contributed by atoms with E-state index in [0.717, 1.165) is 38.5 Å². The average Bonchev–Trinajstić information content (AvgIpc) is 2.76. The Kier molecular flexibility index (Phi) is 4.66. The Morgan fingerprint density at radius 3 is 2.56 bits per heavy atom. The van der Waals surface area contributed by atoms with Gasteiger partial charge in [-0.05, 0) is 44.4 Å². The molecule has 0 bridgehead atoms. The van der Waals surface area contributed by atoms with Gasteiger partial charge in [-0.2, -0.15) is 0 Å². The summed E-state index contributed by atoms with van der Waals surface area (Å²) in [5.41, 5.74) is 5.96. The molecule has 2 fully saturated rings. The number of rotatable bonds is 4. The summed E-state index contributed by atoms with van der Waals surface area (Å²) in [6.45, 7) is 2.19. The first-order valence-corrected chi connectivity index (χ1v) is 7.61. The first kappa shape index (κ1) is 13.9. The quantitative estimate of drug-likeness (QED) is 0.783. The molecular weight excluding hydrogens is 226 g/mol. The van der Waals surface area contributed by atoms with Crippen LogP contribution in [0.4, 0.5) is 0 Å². The fraction of sp³-hybridized carbons (Fsp3) is 0.933. The Labute approximate surface area is 110 Å². The van der Waals surface area contributed by atoms with E-state index in [1.165, 1.54) is 19.3 Å². The summed E-state index contributed by atoms with van der Waals surface area (Å²) in [6.07, 6.45) is 10.7. The van der Waals surface area contributed by atoms with Crippen LogP contribution >= 0.6 is 0 Å². The minimum atomic E-state index is -0.270. The van der Waals surface area contributed by atoms with E-state index in [4.69, 9.17) is 10.5 Å².